The molecular formula is C46H30O. The lowest BCUT2D eigenvalue weighted by molar-refractivity contribution is 0.633. The Morgan fingerprint density at radius 2 is 0.872 bits per heavy atom. The second kappa shape index (κ2) is 11.3. The van der Waals surface area contributed by atoms with Gasteiger partial charge in [-0.15, -0.1) is 0 Å². The van der Waals surface area contributed by atoms with E-state index in [0.29, 0.717) is 0 Å². The molecule has 0 radical (unpaired) electrons. The molecule has 9 aromatic rings. The SMILES string of the molecule is [2H]c1c([2H])c([2H])c(-c2c([2H])c([2H])c([2H])c(-c3oc4c(-c5c([2H])c([2H])c([2H])c([2H])c5[2H])c([2H])c([2H])c([2H])c4c3-c3c4c([2H])c([2H])c([2H])c([2H])c4c(-c4ccccc4)c4c([2H])c([2H])c([2H])c([2H])c34)c2[2H])c([2H])c1[2H]. The van der Waals surface area contributed by atoms with E-state index in [9.17, 15) is 12.3 Å². The molecule has 0 aliphatic heterocycles. The Kier molecular flexibility index (Phi) is 2.86. The highest BCUT2D eigenvalue weighted by Gasteiger charge is 2.25. The first kappa shape index (κ1) is 11.9. The van der Waals surface area contributed by atoms with E-state index in [2.05, 4.69) is 0 Å². The van der Waals surface area contributed by atoms with E-state index in [-0.39, 0.29) is 21.9 Å². The van der Waals surface area contributed by atoms with Gasteiger partial charge in [0.05, 0.1) is 34.3 Å². The number of fused-ring (bicyclic) bond motifs is 3. The third-order valence-electron chi connectivity index (χ3n) is 7.55. The topological polar surface area (TPSA) is 13.1 Å². The molecule has 0 bridgehead atoms. The number of hydrogen-bond donors (Lipinski definition) is 0. The molecule has 0 N–H and O–H groups in total. The minimum absolute atomic E-state index is 0.129. The number of rotatable bonds is 5. The van der Waals surface area contributed by atoms with Crippen molar-refractivity contribution < 1.29 is 38.7 Å². The van der Waals surface area contributed by atoms with Crippen molar-refractivity contribution in [3.63, 3.8) is 0 Å². The Bertz CT molecular complexity index is 3840. The molecule has 0 fully saturated rings. The summed E-state index contributed by atoms with van der Waals surface area (Å²) in [5.74, 6) is -0.899. The van der Waals surface area contributed by atoms with Gasteiger partial charge in [0.1, 0.15) is 11.3 Å². The Labute approximate surface area is 309 Å². The molecular weight excluding hydrogens is 569 g/mol. The lowest BCUT2D eigenvalue weighted by Crippen LogP contribution is -1.91. The van der Waals surface area contributed by atoms with Crippen molar-refractivity contribution in [2.45, 2.75) is 0 Å². The smallest absolute Gasteiger partial charge is 0.143 e. The van der Waals surface area contributed by atoms with Gasteiger partial charge in [-0.2, -0.15) is 0 Å². The summed E-state index contributed by atoms with van der Waals surface area (Å²) >= 11 is 0. The van der Waals surface area contributed by atoms with E-state index in [1.54, 1.807) is 18.2 Å². The summed E-state index contributed by atoms with van der Waals surface area (Å²) in [6.45, 7) is 0. The maximum atomic E-state index is 9.76. The standard InChI is InChI=1S/C46H30O/c1-4-16-31(17-5-1)34-22-14-23-35(30-34)45-44(41-29-15-28-36(46(41)47-45)32-18-6-2-7-19-32)43-39-26-12-10-24-37(39)42(33-20-8-3-9-21-33)38-25-11-13-27-40(38)43/h1-30H/i1D,2D,4D,5D,6D,7D,10D,11D,12D,13D,14D,15D,16D,17D,18D,19D,22D,23D,24D,25D,26D,27D,28D,29D,30D. The molecule has 1 heterocycles. The van der Waals surface area contributed by atoms with Crippen LogP contribution in [-0.2, 0) is 0 Å². The molecule has 0 spiro atoms. The van der Waals surface area contributed by atoms with Crippen molar-refractivity contribution in [1.29, 1.82) is 0 Å². The Hall–Kier alpha value is -6.18. The summed E-state index contributed by atoms with van der Waals surface area (Å²) < 4.78 is 231. The fraction of sp³-hybridized carbons (Fsp3) is 0. The monoisotopic (exact) mass is 623 g/mol. The molecule has 0 unspecified atom stereocenters. The van der Waals surface area contributed by atoms with Gasteiger partial charge in [0, 0.05) is 27.6 Å². The van der Waals surface area contributed by atoms with Crippen molar-refractivity contribution in [1.82, 2.24) is 0 Å². The van der Waals surface area contributed by atoms with Crippen molar-refractivity contribution in [3.8, 4) is 55.8 Å². The number of para-hydroxylation sites is 1. The zero-order chi connectivity index (χ0) is 52.9. The minimum Gasteiger partial charge on any atom is -0.455 e. The van der Waals surface area contributed by atoms with Crippen molar-refractivity contribution >= 4 is 32.5 Å². The van der Waals surface area contributed by atoms with Crippen LogP contribution in [0.3, 0.4) is 0 Å². The molecule has 0 saturated carbocycles. The highest BCUT2D eigenvalue weighted by Crippen LogP contribution is 2.50. The fourth-order valence-electron chi connectivity index (χ4n) is 5.63. The third-order valence-corrected chi connectivity index (χ3v) is 7.55. The van der Waals surface area contributed by atoms with Crippen molar-refractivity contribution in [3.05, 3.63) is 181 Å². The Morgan fingerprint density at radius 1 is 0.362 bits per heavy atom. The zero-order valence-electron chi connectivity index (χ0n) is 48.8. The largest absolute Gasteiger partial charge is 0.455 e. The normalized spacial score (nSPS) is 18.9. The van der Waals surface area contributed by atoms with Gasteiger partial charge in [-0.3, -0.25) is 0 Å². The van der Waals surface area contributed by atoms with Gasteiger partial charge in [0.15, 0.2) is 0 Å². The van der Waals surface area contributed by atoms with Crippen molar-refractivity contribution in [2.24, 2.45) is 0 Å². The molecule has 47 heavy (non-hydrogen) atoms. The number of furan rings is 1. The van der Waals surface area contributed by atoms with E-state index in [4.69, 9.17) is 26.3 Å². The van der Waals surface area contributed by atoms with Crippen LogP contribution in [0.15, 0.2) is 186 Å². The fourth-order valence-corrected chi connectivity index (χ4v) is 5.63. The molecule has 1 heteroatoms. The second-order valence-corrected chi connectivity index (χ2v) is 10.1. The van der Waals surface area contributed by atoms with E-state index in [0.717, 1.165) is 0 Å². The molecule has 9 rings (SSSR count). The molecule has 0 saturated heterocycles. The first-order valence-electron chi connectivity index (χ1n) is 26.6. The van der Waals surface area contributed by atoms with Gasteiger partial charge in [-0.05, 0) is 55.4 Å². The third kappa shape index (κ3) is 4.56. The lowest BCUT2D eigenvalue weighted by atomic mass is 9.84. The van der Waals surface area contributed by atoms with Crippen LogP contribution < -0.4 is 0 Å². The van der Waals surface area contributed by atoms with Crippen LogP contribution in [0.5, 0.6) is 0 Å². The second-order valence-electron chi connectivity index (χ2n) is 10.1. The predicted octanol–water partition coefficient (Wildman–Crippen LogP) is 13.1. The minimum atomic E-state index is -1.05. The predicted molar refractivity (Wildman–Crippen MR) is 198 cm³/mol. The first-order chi connectivity index (χ1) is 33.7. The molecule has 220 valence electrons. The van der Waals surface area contributed by atoms with E-state index < -0.39 is 218 Å². The average molecular weight is 624 g/mol. The Morgan fingerprint density at radius 3 is 1.53 bits per heavy atom. The zero-order valence-corrected chi connectivity index (χ0v) is 23.8. The summed E-state index contributed by atoms with van der Waals surface area (Å²) in [4.78, 5) is 0. The summed E-state index contributed by atoms with van der Waals surface area (Å²) in [6.07, 6.45) is 0. The lowest BCUT2D eigenvalue weighted by Gasteiger charge is -2.18. The number of benzene rings is 8. The average Bonchev–Trinajstić information content (AvgIpc) is 3.75. The molecule has 0 amide bonds. The summed E-state index contributed by atoms with van der Waals surface area (Å²) in [7, 11) is 0. The molecule has 1 aromatic heterocycles. The van der Waals surface area contributed by atoms with Gasteiger partial charge < -0.3 is 4.42 Å². The molecule has 8 aromatic carbocycles. The van der Waals surface area contributed by atoms with Gasteiger partial charge in [-0.1, -0.05) is 175 Å². The van der Waals surface area contributed by atoms with Crippen LogP contribution >= 0.6 is 0 Å². The van der Waals surface area contributed by atoms with Gasteiger partial charge in [-0.25, -0.2) is 0 Å². The van der Waals surface area contributed by atoms with Crippen LogP contribution in [0.25, 0.3) is 88.3 Å². The summed E-state index contributed by atoms with van der Waals surface area (Å²) in [5, 5.41) is -2.50. The van der Waals surface area contributed by atoms with E-state index in [1.807, 2.05) is 0 Å². The van der Waals surface area contributed by atoms with Crippen LogP contribution in [0.4, 0.5) is 0 Å². The summed E-state index contributed by atoms with van der Waals surface area (Å²) in [5.41, 5.74) is -6.04. The molecule has 0 atom stereocenters. The maximum Gasteiger partial charge on any atom is 0.143 e. The maximum absolute atomic E-state index is 9.76. The van der Waals surface area contributed by atoms with E-state index >= 15 is 0 Å². The molecule has 0 aliphatic carbocycles. The molecule has 1 nitrogen and oxygen atoms in total. The van der Waals surface area contributed by atoms with Crippen LogP contribution in [-0.4, -0.2) is 0 Å². The number of hydrogen-bond acceptors (Lipinski definition) is 1. The quantitative estimate of drug-likeness (QED) is 0.174. The van der Waals surface area contributed by atoms with Crippen LogP contribution in [0.1, 0.15) is 34.3 Å². The van der Waals surface area contributed by atoms with Gasteiger partial charge in [0.2, 0.25) is 0 Å². The summed E-state index contributed by atoms with van der Waals surface area (Å²) in [6, 6.07) is -15.0. The molecule has 0 aliphatic rings. The van der Waals surface area contributed by atoms with Crippen molar-refractivity contribution in [2.75, 3.05) is 0 Å². The van der Waals surface area contributed by atoms with Crippen LogP contribution in [0.2, 0.25) is 0 Å². The Balaban J connectivity index is 1.69. The van der Waals surface area contributed by atoms with Gasteiger partial charge in [0.25, 0.3) is 0 Å². The van der Waals surface area contributed by atoms with E-state index in [1.165, 1.54) is 12.1 Å². The first-order valence-corrected chi connectivity index (χ1v) is 14.1. The highest BCUT2D eigenvalue weighted by atomic mass is 16.3. The highest BCUT2D eigenvalue weighted by molar-refractivity contribution is 6.25. The van der Waals surface area contributed by atoms with Gasteiger partial charge >= 0.3 is 0 Å². The van der Waals surface area contributed by atoms with Crippen LogP contribution in [0, 0.1) is 0 Å².